The number of nitrogens with zero attached hydrogens (tertiary/aromatic N) is 1. The van der Waals surface area contributed by atoms with Gasteiger partial charge in [-0.2, -0.15) is 0 Å². The number of carbonyl (C=O) groups is 3. The highest BCUT2D eigenvalue weighted by atomic mass is 16.7. The molecule has 0 aromatic heterocycles. The first kappa shape index (κ1) is 79.2. The van der Waals surface area contributed by atoms with Gasteiger partial charge in [-0.1, -0.05) is 284 Å². The normalized spacial score (nSPS) is 13.3. The van der Waals surface area contributed by atoms with E-state index in [1.165, 1.54) is 173 Å². The maximum absolute atomic E-state index is 12.9. The zero-order valence-electron chi connectivity index (χ0n) is 54.5. The van der Waals surface area contributed by atoms with E-state index >= 15 is 0 Å². The molecule has 0 aromatic rings. The fourth-order valence-corrected chi connectivity index (χ4v) is 9.57. The topological polar surface area (TPSA) is 111 Å². The molecule has 83 heavy (non-hydrogen) atoms. The predicted molar refractivity (Wildman–Crippen MR) is 352 cm³/mol. The molecule has 2 unspecified atom stereocenters. The third-order valence-corrected chi connectivity index (χ3v) is 14.8. The van der Waals surface area contributed by atoms with Crippen LogP contribution in [0.15, 0.2) is 97.2 Å². The summed E-state index contributed by atoms with van der Waals surface area (Å²) in [6.45, 7) is 4.63. The van der Waals surface area contributed by atoms with Gasteiger partial charge in [-0.05, 0) is 96.3 Å². The second kappa shape index (κ2) is 64.2. The zero-order chi connectivity index (χ0) is 60.5. The van der Waals surface area contributed by atoms with E-state index < -0.39 is 24.3 Å². The maximum atomic E-state index is 12.9. The van der Waals surface area contributed by atoms with Crippen LogP contribution in [-0.2, 0) is 33.3 Å². The van der Waals surface area contributed by atoms with Gasteiger partial charge < -0.3 is 33.3 Å². The number of likely N-dealkylation sites (N-methyl/N-ethyl adjacent to an activating group) is 1. The monoisotopic (exact) mass is 1160 g/mol. The van der Waals surface area contributed by atoms with Crippen molar-refractivity contribution in [1.82, 2.24) is 0 Å². The molecule has 0 spiro atoms. The van der Waals surface area contributed by atoms with Crippen molar-refractivity contribution in [2.75, 3.05) is 47.5 Å². The summed E-state index contributed by atoms with van der Waals surface area (Å²) >= 11 is 0. The Balaban J connectivity index is 4.07. The number of aliphatic carboxylic acids is 1. The Morgan fingerprint density at radius 1 is 0.373 bits per heavy atom. The van der Waals surface area contributed by atoms with Crippen molar-refractivity contribution in [1.29, 1.82) is 0 Å². The van der Waals surface area contributed by atoms with Crippen LogP contribution in [0, 0.1) is 0 Å². The number of carboxylic acid groups (broad SMARTS) is 1. The Kier molecular flexibility index (Phi) is 61.3. The van der Waals surface area contributed by atoms with Gasteiger partial charge in [-0.25, -0.2) is 0 Å². The molecule has 2 atom stereocenters. The lowest BCUT2D eigenvalue weighted by Crippen LogP contribution is -2.44. The van der Waals surface area contributed by atoms with Crippen molar-refractivity contribution in [3.8, 4) is 0 Å². The van der Waals surface area contributed by atoms with Gasteiger partial charge in [-0.15, -0.1) is 0 Å². The lowest BCUT2D eigenvalue weighted by atomic mass is 10.0. The van der Waals surface area contributed by atoms with Crippen LogP contribution < -0.4 is 5.11 Å². The van der Waals surface area contributed by atoms with Gasteiger partial charge in [-0.3, -0.25) is 9.59 Å². The summed E-state index contributed by atoms with van der Waals surface area (Å²) in [6.07, 6.45) is 84.9. The summed E-state index contributed by atoms with van der Waals surface area (Å²) in [6, 6.07) is 0. The van der Waals surface area contributed by atoms with Crippen LogP contribution >= 0.6 is 0 Å². The van der Waals surface area contributed by atoms with E-state index in [0.717, 1.165) is 89.9 Å². The molecule has 0 amide bonds. The molecular weight excluding hydrogens is 1030 g/mol. The highest BCUT2D eigenvalue weighted by molar-refractivity contribution is 5.70. The second-order valence-electron chi connectivity index (χ2n) is 24.1. The fourth-order valence-electron chi connectivity index (χ4n) is 9.57. The van der Waals surface area contributed by atoms with Gasteiger partial charge in [0.25, 0.3) is 0 Å². The molecular formula is C74H129NO8. The first-order chi connectivity index (χ1) is 40.6. The van der Waals surface area contributed by atoms with Crippen LogP contribution in [0.1, 0.15) is 296 Å². The molecule has 0 fully saturated rings. The number of ether oxygens (including phenoxy) is 4. The standard InChI is InChI=1S/C74H129NO8/c1-6-8-10-12-14-16-18-20-22-24-26-28-29-30-31-32-33-34-35-36-37-38-39-40-41-42-43-45-47-49-51-53-55-57-59-61-63-65-72(77)83-70(69-82-74(73(78)79)80-67-66-75(3,4)5)68-81-71(76)64-62-60-58-56-54-52-50-48-46-44-27-25-23-21-19-17-15-13-11-9-7-2/h8,10,14,16,19-22,25-28,30-31,46,48,70,74H,6-7,9,11-13,15,17-18,23-24,29,32-45,47,49-69H2,1-5H3/b10-8-,16-14-,21-19-,22-20-,27-25-,28-26-,31-30-,48-46-. The number of allylic oxidation sites excluding steroid dienone is 16. The number of unbranched alkanes of at least 4 members (excludes halogenated alkanes) is 32. The lowest BCUT2D eigenvalue weighted by molar-refractivity contribution is -0.870. The average Bonchev–Trinajstić information content (AvgIpc) is 3.46. The maximum Gasteiger partial charge on any atom is 0.306 e. The van der Waals surface area contributed by atoms with Gasteiger partial charge >= 0.3 is 11.9 Å². The Bertz CT molecular complexity index is 1680. The second-order valence-corrected chi connectivity index (χ2v) is 24.1. The summed E-state index contributed by atoms with van der Waals surface area (Å²) in [4.78, 5) is 37.4. The lowest BCUT2D eigenvalue weighted by Gasteiger charge is -2.26. The van der Waals surface area contributed by atoms with Crippen molar-refractivity contribution in [3.05, 3.63) is 97.2 Å². The molecule has 0 N–H and O–H groups in total. The Morgan fingerprint density at radius 2 is 0.687 bits per heavy atom. The first-order valence-electron chi connectivity index (χ1n) is 34.4. The summed E-state index contributed by atoms with van der Waals surface area (Å²) in [5, 5.41) is 11.8. The summed E-state index contributed by atoms with van der Waals surface area (Å²) in [5.74, 6) is -2.29. The highest BCUT2D eigenvalue weighted by Crippen LogP contribution is 2.17. The minimum atomic E-state index is -1.63. The Labute approximate surface area is 512 Å². The van der Waals surface area contributed by atoms with Crippen molar-refractivity contribution >= 4 is 17.9 Å². The van der Waals surface area contributed by atoms with E-state index in [1.807, 2.05) is 21.1 Å². The molecule has 0 aliphatic rings. The molecule has 0 saturated heterocycles. The minimum absolute atomic E-state index is 0.143. The molecule has 0 heterocycles. The van der Waals surface area contributed by atoms with Crippen LogP contribution in [0.3, 0.4) is 0 Å². The van der Waals surface area contributed by atoms with E-state index in [2.05, 4.69) is 111 Å². The number of hydrogen-bond acceptors (Lipinski definition) is 8. The predicted octanol–water partition coefficient (Wildman–Crippen LogP) is 19.9. The number of hydrogen-bond donors (Lipinski definition) is 0. The molecule has 0 radical (unpaired) electrons. The van der Waals surface area contributed by atoms with Gasteiger partial charge in [0.1, 0.15) is 13.2 Å². The van der Waals surface area contributed by atoms with E-state index in [0.29, 0.717) is 17.4 Å². The van der Waals surface area contributed by atoms with Gasteiger partial charge in [0, 0.05) is 12.8 Å². The number of esters is 2. The molecule has 0 saturated carbocycles. The smallest absolute Gasteiger partial charge is 0.306 e. The molecule has 0 aliphatic heterocycles. The Hall–Kier alpha value is -3.79. The fraction of sp³-hybridized carbons (Fsp3) is 0.743. The van der Waals surface area contributed by atoms with E-state index in [1.54, 1.807) is 0 Å². The number of rotatable bonds is 63. The van der Waals surface area contributed by atoms with E-state index in [-0.39, 0.29) is 38.6 Å². The summed E-state index contributed by atoms with van der Waals surface area (Å²) < 4.78 is 22.8. The van der Waals surface area contributed by atoms with Crippen LogP contribution in [0.2, 0.25) is 0 Å². The molecule has 0 aliphatic carbocycles. The molecule has 0 aromatic carbocycles. The van der Waals surface area contributed by atoms with Crippen LogP contribution in [-0.4, -0.2) is 82.3 Å². The third-order valence-electron chi connectivity index (χ3n) is 14.8. The Morgan fingerprint density at radius 3 is 1.02 bits per heavy atom. The number of quaternary nitrogens is 1. The molecule has 9 nitrogen and oxygen atoms in total. The molecule has 0 bridgehead atoms. The quantitative estimate of drug-likeness (QED) is 0.0195. The highest BCUT2D eigenvalue weighted by Gasteiger charge is 2.22. The van der Waals surface area contributed by atoms with Crippen molar-refractivity contribution in [2.45, 2.75) is 309 Å². The van der Waals surface area contributed by atoms with E-state index in [9.17, 15) is 19.5 Å². The van der Waals surface area contributed by atoms with Crippen molar-refractivity contribution in [3.63, 3.8) is 0 Å². The van der Waals surface area contributed by atoms with Crippen molar-refractivity contribution < 1.29 is 42.9 Å². The van der Waals surface area contributed by atoms with Crippen LogP contribution in [0.5, 0.6) is 0 Å². The van der Waals surface area contributed by atoms with Crippen LogP contribution in [0.4, 0.5) is 0 Å². The van der Waals surface area contributed by atoms with E-state index in [4.69, 9.17) is 18.9 Å². The zero-order valence-corrected chi connectivity index (χ0v) is 54.5. The molecule has 0 rings (SSSR count). The number of carbonyl (C=O) groups excluding carboxylic acids is 3. The average molecular weight is 1160 g/mol. The third kappa shape index (κ3) is 65.6. The van der Waals surface area contributed by atoms with Gasteiger partial charge in [0.05, 0.1) is 40.3 Å². The SMILES string of the molecule is CC/C=C\C/C=C\C/C=C\C/C=C\C/C=C\CCCCCCCCCCCCCCCCCCCCCCCC(=O)OC(COC(=O)CCCCCCCC/C=C\C/C=C\C/C=C\CCCCCCC)COC(OCC[N+](C)(C)C)C(=O)[O-]. The molecule has 9 heteroatoms. The summed E-state index contributed by atoms with van der Waals surface area (Å²) in [5.41, 5.74) is 0. The van der Waals surface area contributed by atoms with Crippen LogP contribution in [0.25, 0.3) is 0 Å². The number of carboxylic acids is 1. The summed E-state index contributed by atoms with van der Waals surface area (Å²) in [7, 11) is 5.93. The molecule has 478 valence electrons. The van der Waals surface area contributed by atoms with Gasteiger partial charge in [0.2, 0.25) is 0 Å². The largest absolute Gasteiger partial charge is 0.545 e. The minimum Gasteiger partial charge on any atom is -0.545 e. The van der Waals surface area contributed by atoms with Gasteiger partial charge in [0.15, 0.2) is 12.4 Å². The first-order valence-corrected chi connectivity index (χ1v) is 34.4. The van der Waals surface area contributed by atoms with Crippen molar-refractivity contribution in [2.24, 2.45) is 0 Å².